The Morgan fingerprint density at radius 1 is 1.27 bits per heavy atom. The number of ether oxygens (including phenoxy) is 4. The van der Waals surface area contributed by atoms with Crippen LogP contribution in [0.4, 0.5) is 9.59 Å². The fraction of sp³-hybridized carbons (Fsp3) is 0.833. The van der Waals surface area contributed by atoms with Gasteiger partial charge in [-0.2, -0.15) is 0 Å². The lowest BCUT2D eigenvalue weighted by atomic mass is 9.95. The van der Waals surface area contributed by atoms with Crippen LogP contribution in [0.15, 0.2) is 12.7 Å². The Bertz CT molecular complexity index is 716. The molecular weight excluding hydrogens is 462 g/mol. The normalized spacial score (nSPS) is 29.1. The summed E-state index contributed by atoms with van der Waals surface area (Å²) in [4.78, 5) is 27.0. The first-order chi connectivity index (χ1) is 15.5. The van der Waals surface area contributed by atoms with Crippen molar-refractivity contribution in [2.75, 3.05) is 18.1 Å². The summed E-state index contributed by atoms with van der Waals surface area (Å²) in [7, 11) is 0. The number of nitrogens with zero attached hydrogens (tertiary/aromatic N) is 1. The standard InChI is InChI=1S/C24H39NO6S2/c1-7-8-9-10-12-24(32-13-11-14-33-24)15-18-19-17(16-28-23(5,6)30-19)25(20(26)29-18)21(27)31-22(2,3)4/h7,17-19H,1,8-16H2,2-6H3/t17-,18+,19-/m1/s1. The molecule has 0 radical (unpaired) electrons. The minimum Gasteiger partial charge on any atom is -0.443 e. The van der Waals surface area contributed by atoms with Crippen LogP contribution in [0.3, 0.4) is 0 Å². The van der Waals surface area contributed by atoms with Gasteiger partial charge < -0.3 is 18.9 Å². The number of allylic oxidation sites excluding steroid dienone is 1. The van der Waals surface area contributed by atoms with E-state index in [0.717, 1.165) is 42.1 Å². The van der Waals surface area contributed by atoms with Crippen LogP contribution in [-0.2, 0) is 18.9 Å². The molecule has 188 valence electrons. The SMILES string of the molecule is C=CCCCCC1(C[C@@H]2OC(=O)N(C(=O)OC(C)(C)C)[C@@H]3COC(C)(C)O[C@@H]23)SCCCS1. The lowest BCUT2D eigenvalue weighted by molar-refractivity contribution is -0.313. The molecule has 0 bridgehead atoms. The van der Waals surface area contributed by atoms with Gasteiger partial charge in [0.25, 0.3) is 0 Å². The van der Waals surface area contributed by atoms with Crippen molar-refractivity contribution in [2.45, 2.75) is 107 Å². The molecule has 0 aromatic rings. The topological polar surface area (TPSA) is 74.3 Å². The third-order valence-corrected chi connectivity index (χ3v) is 9.37. The maximum atomic E-state index is 13.1. The number of hydrogen-bond donors (Lipinski definition) is 0. The maximum absolute atomic E-state index is 13.1. The summed E-state index contributed by atoms with van der Waals surface area (Å²) >= 11 is 3.94. The van der Waals surface area contributed by atoms with E-state index in [0.29, 0.717) is 6.42 Å². The first-order valence-corrected chi connectivity index (χ1v) is 13.9. The van der Waals surface area contributed by atoms with Gasteiger partial charge in [-0.25, -0.2) is 14.5 Å². The Balaban J connectivity index is 1.81. The molecule has 33 heavy (non-hydrogen) atoms. The Morgan fingerprint density at radius 2 is 1.97 bits per heavy atom. The predicted molar refractivity (Wildman–Crippen MR) is 133 cm³/mol. The number of imide groups is 1. The number of hydrogen-bond acceptors (Lipinski definition) is 8. The molecular formula is C24H39NO6S2. The molecule has 3 saturated heterocycles. The monoisotopic (exact) mass is 501 g/mol. The summed E-state index contributed by atoms with van der Waals surface area (Å²) in [5.74, 6) is 1.37. The molecule has 0 aliphatic carbocycles. The number of fused-ring (bicyclic) bond motifs is 1. The van der Waals surface area contributed by atoms with Crippen LogP contribution < -0.4 is 0 Å². The molecule has 0 unspecified atom stereocenters. The highest BCUT2D eigenvalue weighted by molar-refractivity contribution is 8.18. The molecule has 0 aromatic carbocycles. The number of thioether (sulfide) groups is 2. The van der Waals surface area contributed by atoms with Crippen LogP contribution in [0, 0.1) is 0 Å². The summed E-state index contributed by atoms with van der Waals surface area (Å²) in [5, 5.41) is 0. The molecule has 0 N–H and O–H groups in total. The largest absolute Gasteiger partial charge is 0.443 e. The maximum Gasteiger partial charge on any atom is 0.420 e. The molecule has 0 saturated carbocycles. The molecule has 0 spiro atoms. The van der Waals surface area contributed by atoms with Gasteiger partial charge in [0.15, 0.2) is 5.79 Å². The summed E-state index contributed by atoms with van der Waals surface area (Å²) in [6.45, 7) is 13.0. The van der Waals surface area contributed by atoms with E-state index >= 15 is 0 Å². The van der Waals surface area contributed by atoms with Crippen molar-refractivity contribution in [1.82, 2.24) is 4.90 Å². The van der Waals surface area contributed by atoms with Gasteiger partial charge in [0.05, 0.1) is 16.7 Å². The van der Waals surface area contributed by atoms with E-state index in [1.807, 2.05) is 43.4 Å². The minimum atomic E-state index is -0.827. The van der Waals surface area contributed by atoms with Crippen molar-refractivity contribution in [3.63, 3.8) is 0 Å². The zero-order valence-corrected chi connectivity index (χ0v) is 22.2. The number of unbranched alkanes of at least 4 members (excludes halogenated alkanes) is 2. The van der Waals surface area contributed by atoms with Crippen molar-refractivity contribution in [1.29, 1.82) is 0 Å². The lowest BCUT2D eigenvalue weighted by Crippen LogP contribution is -2.67. The van der Waals surface area contributed by atoms with Gasteiger partial charge in [0.1, 0.15) is 17.8 Å². The van der Waals surface area contributed by atoms with Crippen LogP contribution in [0.25, 0.3) is 0 Å². The van der Waals surface area contributed by atoms with Gasteiger partial charge in [0, 0.05) is 6.42 Å². The van der Waals surface area contributed by atoms with Crippen LogP contribution in [-0.4, -0.2) is 68.9 Å². The quantitative estimate of drug-likeness (QED) is 0.312. The van der Waals surface area contributed by atoms with E-state index in [2.05, 4.69) is 6.58 Å². The third-order valence-electron chi connectivity index (χ3n) is 5.88. The van der Waals surface area contributed by atoms with Gasteiger partial charge in [0.2, 0.25) is 0 Å². The average molecular weight is 502 g/mol. The molecule has 2 amide bonds. The Kier molecular flexibility index (Phi) is 8.73. The van der Waals surface area contributed by atoms with Crippen LogP contribution in [0.1, 0.15) is 73.1 Å². The van der Waals surface area contributed by atoms with Crippen molar-refractivity contribution >= 4 is 35.7 Å². The number of carbonyl (C=O) groups is 2. The molecule has 0 aromatic heterocycles. The summed E-state index contributed by atoms with van der Waals surface area (Å²) in [5.41, 5.74) is -0.732. The second-order valence-corrected chi connectivity index (χ2v) is 13.5. The highest BCUT2D eigenvalue weighted by Gasteiger charge is 2.55. The van der Waals surface area contributed by atoms with Gasteiger partial charge in [-0.15, -0.1) is 30.1 Å². The minimum absolute atomic E-state index is 0.0329. The zero-order valence-electron chi connectivity index (χ0n) is 20.6. The average Bonchev–Trinajstić information content (AvgIpc) is 2.71. The van der Waals surface area contributed by atoms with Gasteiger partial charge >= 0.3 is 12.2 Å². The molecule has 3 aliphatic heterocycles. The number of amides is 2. The van der Waals surface area contributed by atoms with Crippen molar-refractivity contribution in [2.24, 2.45) is 0 Å². The Hall–Kier alpha value is -0.900. The van der Waals surface area contributed by atoms with Crippen molar-refractivity contribution < 1.29 is 28.5 Å². The predicted octanol–water partition coefficient (Wildman–Crippen LogP) is 5.97. The number of cyclic esters (lactones) is 1. The van der Waals surface area contributed by atoms with E-state index in [9.17, 15) is 9.59 Å². The van der Waals surface area contributed by atoms with E-state index in [-0.39, 0.29) is 10.7 Å². The van der Waals surface area contributed by atoms with E-state index in [4.69, 9.17) is 18.9 Å². The second kappa shape index (κ2) is 10.8. The Labute approximate surface area is 206 Å². The van der Waals surface area contributed by atoms with Crippen molar-refractivity contribution in [3.05, 3.63) is 12.7 Å². The highest BCUT2D eigenvalue weighted by atomic mass is 32.2. The molecule has 3 rings (SSSR count). The molecule has 9 heteroatoms. The van der Waals surface area contributed by atoms with Crippen molar-refractivity contribution in [3.8, 4) is 0 Å². The van der Waals surface area contributed by atoms with Crippen LogP contribution >= 0.6 is 23.5 Å². The van der Waals surface area contributed by atoms with Gasteiger partial charge in [-0.1, -0.05) is 12.5 Å². The molecule has 3 atom stereocenters. The van der Waals surface area contributed by atoms with Gasteiger partial charge in [-0.05, 0) is 71.8 Å². The van der Waals surface area contributed by atoms with E-state index in [1.54, 1.807) is 20.8 Å². The fourth-order valence-electron chi connectivity index (χ4n) is 4.40. The fourth-order valence-corrected chi connectivity index (χ4v) is 7.88. The smallest absolute Gasteiger partial charge is 0.420 e. The molecule has 3 fully saturated rings. The van der Waals surface area contributed by atoms with Gasteiger partial charge in [-0.3, -0.25) is 0 Å². The van der Waals surface area contributed by atoms with E-state index in [1.165, 1.54) is 6.42 Å². The van der Waals surface area contributed by atoms with Crippen LogP contribution in [0.2, 0.25) is 0 Å². The zero-order chi connectivity index (χ0) is 24.3. The Morgan fingerprint density at radius 3 is 2.61 bits per heavy atom. The molecule has 3 aliphatic rings. The highest BCUT2D eigenvalue weighted by Crippen LogP contribution is 2.51. The lowest BCUT2D eigenvalue weighted by Gasteiger charge is -2.51. The summed E-state index contributed by atoms with van der Waals surface area (Å²) < 4.78 is 23.5. The number of rotatable bonds is 7. The molecule has 7 nitrogen and oxygen atoms in total. The second-order valence-electron chi connectivity index (χ2n) is 10.3. The number of carbonyl (C=O) groups excluding carboxylic acids is 2. The first kappa shape index (κ1) is 26.7. The molecule has 3 heterocycles. The first-order valence-electron chi connectivity index (χ1n) is 11.9. The summed E-state index contributed by atoms with van der Waals surface area (Å²) in [6.07, 6.45) is 5.73. The third kappa shape index (κ3) is 7.05. The summed E-state index contributed by atoms with van der Waals surface area (Å²) in [6, 6.07) is -0.587. The van der Waals surface area contributed by atoms with Crippen LogP contribution in [0.5, 0.6) is 0 Å². The van der Waals surface area contributed by atoms with E-state index < -0.39 is 41.8 Å².